The molecule has 0 spiro atoms. The van der Waals surface area contributed by atoms with Gasteiger partial charge in [0.2, 0.25) is 5.95 Å². The summed E-state index contributed by atoms with van der Waals surface area (Å²) in [5.74, 6) is 3.05. The Bertz CT molecular complexity index is 1460. The lowest BCUT2D eigenvalue weighted by Gasteiger charge is -2.35. The fourth-order valence-electron chi connectivity index (χ4n) is 4.07. The molecule has 4 heterocycles. The van der Waals surface area contributed by atoms with Gasteiger partial charge in [-0.25, -0.2) is 9.97 Å². The van der Waals surface area contributed by atoms with E-state index in [1.807, 2.05) is 36.4 Å². The largest absolute Gasteiger partial charge is 0.456 e. The highest BCUT2D eigenvalue weighted by Gasteiger charge is 2.16. The minimum absolute atomic E-state index is 0.204. The van der Waals surface area contributed by atoms with Crippen LogP contribution in [0.5, 0.6) is 11.5 Å². The summed E-state index contributed by atoms with van der Waals surface area (Å²) in [5, 5.41) is 6.43. The molecule has 0 amide bonds. The van der Waals surface area contributed by atoms with E-state index in [0.29, 0.717) is 34.5 Å². The van der Waals surface area contributed by atoms with E-state index >= 15 is 0 Å². The summed E-state index contributed by atoms with van der Waals surface area (Å²) in [6.07, 6.45) is 4.79. The molecule has 4 aromatic rings. The summed E-state index contributed by atoms with van der Waals surface area (Å²) in [4.78, 5) is 30.8. The van der Waals surface area contributed by atoms with Gasteiger partial charge in [-0.05, 0) is 37.4 Å². The van der Waals surface area contributed by atoms with Crippen molar-refractivity contribution in [1.29, 1.82) is 0 Å². The number of nitrogens with one attached hydrogen (secondary N) is 2. The number of ether oxygens (including phenoxy) is 1. The first-order valence-electron chi connectivity index (χ1n) is 12.3. The van der Waals surface area contributed by atoms with Crippen LogP contribution >= 0.6 is 0 Å². The molecule has 2 N–H and O–H groups in total. The van der Waals surface area contributed by atoms with Gasteiger partial charge in [0, 0.05) is 57.4 Å². The van der Waals surface area contributed by atoms with Crippen molar-refractivity contribution in [2.24, 2.45) is 7.05 Å². The molecule has 38 heavy (non-hydrogen) atoms. The van der Waals surface area contributed by atoms with Gasteiger partial charge < -0.3 is 25.2 Å². The number of para-hydroxylation sites is 1. The Kier molecular flexibility index (Phi) is 7.32. The molecule has 1 aliphatic rings. The molecule has 1 aliphatic heterocycles. The van der Waals surface area contributed by atoms with Gasteiger partial charge in [-0.1, -0.05) is 24.8 Å². The van der Waals surface area contributed by atoms with Crippen molar-refractivity contribution in [2.75, 3.05) is 43.9 Å². The number of pyridine rings is 2. The van der Waals surface area contributed by atoms with Crippen molar-refractivity contribution in [3.63, 3.8) is 0 Å². The summed E-state index contributed by atoms with van der Waals surface area (Å²) < 4.78 is 7.46. The third-order valence-corrected chi connectivity index (χ3v) is 6.34. The van der Waals surface area contributed by atoms with Crippen LogP contribution in [0.15, 0.2) is 90.4 Å². The lowest BCUT2D eigenvalue weighted by Crippen LogP contribution is -2.44. The van der Waals surface area contributed by atoms with Crippen LogP contribution in [0, 0.1) is 0 Å². The first-order chi connectivity index (χ1) is 18.5. The van der Waals surface area contributed by atoms with Crippen molar-refractivity contribution in [1.82, 2.24) is 29.3 Å². The van der Waals surface area contributed by atoms with Gasteiger partial charge in [0.15, 0.2) is 0 Å². The molecule has 0 radical (unpaired) electrons. The van der Waals surface area contributed by atoms with Crippen LogP contribution in [0.3, 0.4) is 0 Å². The molecule has 1 aromatic carbocycles. The lowest BCUT2D eigenvalue weighted by atomic mass is 10.2. The minimum Gasteiger partial charge on any atom is -0.456 e. The highest BCUT2D eigenvalue weighted by atomic mass is 16.5. The number of nitrogens with zero attached hydrogens (tertiary/aromatic N) is 6. The molecule has 0 atom stereocenters. The quantitative estimate of drug-likeness (QED) is 0.365. The van der Waals surface area contributed by atoms with Gasteiger partial charge in [0.05, 0.1) is 23.3 Å². The second-order valence-electron chi connectivity index (χ2n) is 9.07. The molecule has 194 valence electrons. The van der Waals surface area contributed by atoms with Crippen LogP contribution < -0.4 is 20.9 Å². The number of hydrogen-bond acceptors (Lipinski definition) is 9. The topological polar surface area (TPSA) is 100 Å². The predicted octanol–water partition coefficient (Wildman–Crippen LogP) is 3.90. The van der Waals surface area contributed by atoms with Gasteiger partial charge in [0.1, 0.15) is 17.3 Å². The van der Waals surface area contributed by atoms with Crippen molar-refractivity contribution in [3.8, 4) is 22.8 Å². The maximum atomic E-state index is 13.0. The molecule has 3 aromatic heterocycles. The zero-order chi connectivity index (χ0) is 26.5. The molecule has 1 fully saturated rings. The maximum absolute atomic E-state index is 13.0. The van der Waals surface area contributed by atoms with Gasteiger partial charge >= 0.3 is 0 Å². The van der Waals surface area contributed by atoms with E-state index in [1.165, 1.54) is 10.8 Å². The molecular formula is C28H30N8O2. The molecule has 0 unspecified atom stereocenters. The number of piperazine rings is 1. The molecule has 10 heteroatoms. The number of hydrogen-bond donors (Lipinski definition) is 2. The Morgan fingerprint density at radius 3 is 2.45 bits per heavy atom. The Morgan fingerprint density at radius 2 is 1.71 bits per heavy atom. The zero-order valence-corrected chi connectivity index (χ0v) is 21.5. The van der Waals surface area contributed by atoms with Gasteiger partial charge in [0.25, 0.3) is 5.56 Å². The Balaban J connectivity index is 1.25. The second-order valence-corrected chi connectivity index (χ2v) is 9.07. The number of rotatable bonds is 8. The first-order valence-corrected chi connectivity index (χ1v) is 12.3. The van der Waals surface area contributed by atoms with Crippen LogP contribution in [0.4, 0.5) is 17.5 Å². The normalized spacial score (nSPS) is 13.7. The van der Waals surface area contributed by atoms with E-state index in [-0.39, 0.29) is 5.56 Å². The van der Waals surface area contributed by atoms with Crippen molar-refractivity contribution in [2.45, 2.75) is 0 Å². The fourth-order valence-corrected chi connectivity index (χ4v) is 4.07. The SMILES string of the molecule is C=C(Nc1cc(Oc2ccc(-c3cnc(Nc4ccccc4)n(C)c3=O)nc2)ccn1)N1CCN(C)CC1. The van der Waals surface area contributed by atoms with Gasteiger partial charge in [-0.3, -0.25) is 14.3 Å². The number of benzene rings is 1. The number of aromatic nitrogens is 4. The Hall–Kier alpha value is -4.70. The van der Waals surface area contributed by atoms with E-state index in [4.69, 9.17) is 4.74 Å². The van der Waals surface area contributed by atoms with E-state index in [0.717, 1.165) is 37.7 Å². The van der Waals surface area contributed by atoms with Crippen LogP contribution in [0.1, 0.15) is 0 Å². The third-order valence-electron chi connectivity index (χ3n) is 6.34. The smallest absolute Gasteiger partial charge is 0.264 e. The highest BCUT2D eigenvalue weighted by Crippen LogP contribution is 2.25. The summed E-state index contributed by atoms with van der Waals surface area (Å²) in [6, 6.07) is 16.7. The number of likely N-dealkylation sites (N-methyl/N-ethyl adjacent to an activating group) is 1. The second kappa shape index (κ2) is 11.1. The molecular weight excluding hydrogens is 480 g/mol. The highest BCUT2D eigenvalue weighted by molar-refractivity contribution is 5.60. The van der Waals surface area contributed by atoms with E-state index in [1.54, 1.807) is 37.6 Å². The van der Waals surface area contributed by atoms with Crippen LogP contribution in [-0.4, -0.2) is 62.5 Å². The fraction of sp³-hybridized carbons (Fsp3) is 0.214. The molecule has 10 nitrogen and oxygen atoms in total. The summed E-state index contributed by atoms with van der Waals surface area (Å²) in [7, 11) is 3.79. The summed E-state index contributed by atoms with van der Waals surface area (Å²) >= 11 is 0. The monoisotopic (exact) mass is 510 g/mol. The van der Waals surface area contributed by atoms with Crippen LogP contribution in [0.25, 0.3) is 11.3 Å². The Morgan fingerprint density at radius 1 is 0.921 bits per heavy atom. The third kappa shape index (κ3) is 5.81. The van der Waals surface area contributed by atoms with Crippen molar-refractivity contribution < 1.29 is 4.74 Å². The van der Waals surface area contributed by atoms with Crippen LogP contribution in [0.2, 0.25) is 0 Å². The van der Waals surface area contributed by atoms with E-state index < -0.39 is 0 Å². The van der Waals surface area contributed by atoms with E-state index in [2.05, 4.69) is 49.0 Å². The average Bonchev–Trinajstić information content (AvgIpc) is 2.93. The number of anilines is 3. The lowest BCUT2D eigenvalue weighted by molar-refractivity contribution is 0.188. The van der Waals surface area contributed by atoms with Gasteiger partial charge in [-0.2, -0.15) is 0 Å². The molecule has 0 bridgehead atoms. The standard InChI is InChI=1S/C28H30N8O2/c1-20(36-15-13-34(2)14-16-36)32-26-17-22(11-12-29-26)38-23-9-10-25(30-18-23)24-19-31-28(35(3)27(24)37)33-21-7-5-4-6-8-21/h4-12,17-19H,1,13-16H2,2-3H3,(H,29,32)(H,31,33). The first kappa shape index (κ1) is 25.0. The summed E-state index contributed by atoms with van der Waals surface area (Å²) in [5.41, 5.74) is 1.55. The van der Waals surface area contributed by atoms with Gasteiger partial charge in [-0.15, -0.1) is 0 Å². The maximum Gasteiger partial charge on any atom is 0.264 e. The summed E-state index contributed by atoms with van der Waals surface area (Å²) in [6.45, 7) is 7.99. The molecule has 1 saturated heterocycles. The predicted molar refractivity (Wildman–Crippen MR) is 149 cm³/mol. The minimum atomic E-state index is -0.204. The van der Waals surface area contributed by atoms with E-state index in [9.17, 15) is 4.79 Å². The molecule has 5 rings (SSSR count). The van der Waals surface area contributed by atoms with Crippen molar-refractivity contribution >= 4 is 17.5 Å². The average molecular weight is 511 g/mol. The van der Waals surface area contributed by atoms with Crippen molar-refractivity contribution in [3.05, 3.63) is 95.9 Å². The Labute approximate surface area is 221 Å². The molecule has 0 aliphatic carbocycles. The van der Waals surface area contributed by atoms with Crippen LogP contribution in [-0.2, 0) is 7.05 Å². The zero-order valence-electron chi connectivity index (χ0n) is 21.5. The molecule has 0 saturated carbocycles.